The van der Waals surface area contributed by atoms with Gasteiger partial charge in [0.1, 0.15) is 5.82 Å². The first-order valence-corrected chi connectivity index (χ1v) is 9.83. The van der Waals surface area contributed by atoms with Crippen LogP contribution < -0.4 is 5.32 Å². The van der Waals surface area contributed by atoms with E-state index < -0.39 is 29.5 Å². The average Bonchev–Trinajstić information content (AvgIpc) is 2.65. The van der Waals surface area contributed by atoms with Crippen LogP contribution in [-0.2, 0) is 22.3 Å². The molecule has 0 aromatic heterocycles. The minimum atomic E-state index is -4.52. The van der Waals surface area contributed by atoms with Crippen molar-refractivity contribution >= 4 is 11.9 Å². The van der Waals surface area contributed by atoms with E-state index in [1.807, 2.05) is 0 Å². The van der Waals surface area contributed by atoms with Crippen molar-refractivity contribution in [2.45, 2.75) is 45.5 Å². The summed E-state index contributed by atoms with van der Waals surface area (Å²) in [6.07, 6.45) is -1.47. The van der Waals surface area contributed by atoms with E-state index in [2.05, 4.69) is 24.1 Å². The van der Waals surface area contributed by atoms with Gasteiger partial charge in [-0.25, -0.2) is 14.0 Å². The van der Waals surface area contributed by atoms with Crippen molar-refractivity contribution in [3.63, 3.8) is 0 Å². The molecule has 0 radical (unpaired) electrons. The molecule has 1 fully saturated rings. The number of piperidine rings is 1. The van der Waals surface area contributed by atoms with Gasteiger partial charge in [0.2, 0.25) is 0 Å². The Morgan fingerprint density at radius 1 is 1.13 bits per heavy atom. The molecule has 1 aromatic carbocycles. The Balaban J connectivity index is 0.000000512. The minimum Gasteiger partial charge on any atom is -0.478 e. The Hall–Kier alpha value is -2.46. The highest BCUT2D eigenvalue weighted by Crippen LogP contribution is 2.31. The Bertz CT molecular complexity index is 744. The van der Waals surface area contributed by atoms with Gasteiger partial charge >= 0.3 is 18.1 Å². The average molecular weight is 448 g/mol. The molecular formula is C21H28F4N2O4. The summed E-state index contributed by atoms with van der Waals surface area (Å²) >= 11 is 0. The summed E-state index contributed by atoms with van der Waals surface area (Å²) in [7, 11) is 0. The first-order chi connectivity index (χ1) is 14.4. The van der Waals surface area contributed by atoms with Crippen molar-refractivity contribution in [3.8, 4) is 0 Å². The van der Waals surface area contributed by atoms with Crippen molar-refractivity contribution in [3.05, 3.63) is 47.3 Å². The highest BCUT2D eigenvalue weighted by molar-refractivity contribution is 5.89. The van der Waals surface area contributed by atoms with Crippen LogP contribution in [0.4, 0.5) is 17.6 Å². The zero-order valence-corrected chi connectivity index (χ0v) is 17.5. The fraction of sp³-hybridized carbons (Fsp3) is 0.524. The molecule has 31 heavy (non-hydrogen) atoms. The summed E-state index contributed by atoms with van der Waals surface area (Å²) in [5.74, 6) is -2.94. The number of nitrogens with zero attached hydrogens (tertiary/aromatic N) is 1. The van der Waals surface area contributed by atoms with Crippen LogP contribution in [-0.4, -0.2) is 52.7 Å². The van der Waals surface area contributed by atoms with Gasteiger partial charge in [-0.2, -0.15) is 13.2 Å². The molecular weight excluding hydrogens is 420 g/mol. The highest BCUT2D eigenvalue weighted by atomic mass is 19.4. The largest absolute Gasteiger partial charge is 0.478 e. The van der Waals surface area contributed by atoms with Gasteiger partial charge < -0.3 is 15.5 Å². The van der Waals surface area contributed by atoms with Crippen molar-refractivity contribution < 1.29 is 37.4 Å². The van der Waals surface area contributed by atoms with E-state index >= 15 is 0 Å². The quantitative estimate of drug-likeness (QED) is 0.435. The topological polar surface area (TPSA) is 89.9 Å². The van der Waals surface area contributed by atoms with Crippen LogP contribution in [0.5, 0.6) is 0 Å². The molecule has 10 heteroatoms. The normalized spacial score (nSPS) is 15.2. The maximum Gasteiger partial charge on any atom is 0.416 e. The fourth-order valence-corrected chi connectivity index (χ4v) is 3.27. The monoisotopic (exact) mass is 448 g/mol. The summed E-state index contributed by atoms with van der Waals surface area (Å²) in [5.41, 5.74) is -0.529. The standard InChI is InChI=1S/C17H24F4N2.C4H4O4/c1-12(2)10-23(16-3-5-22-6-4-16)11-13-7-14(17(19,20)21)9-15(18)8-13;5-3(6)1-2-4(7)8/h7-9,12,16,22H,3-6,10-11H2,1-2H3;1-2H,(H,5,6)(H,7,8)/b;2-1+. The fourth-order valence-electron chi connectivity index (χ4n) is 3.27. The van der Waals surface area contributed by atoms with Crippen LogP contribution in [0, 0.1) is 11.7 Å². The molecule has 2 rings (SSSR count). The van der Waals surface area contributed by atoms with Crippen LogP contribution in [0.15, 0.2) is 30.4 Å². The van der Waals surface area contributed by atoms with E-state index in [4.69, 9.17) is 10.2 Å². The lowest BCUT2D eigenvalue weighted by atomic mass is 10.0. The van der Waals surface area contributed by atoms with Crippen LogP contribution >= 0.6 is 0 Å². The van der Waals surface area contributed by atoms with Gasteiger partial charge in [-0.1, -0.05) is 13.8 Å². The zero-order chi connectivity index (χ0) is 23.6. The second-order valence-corrected chi connectivity index (χ2v) is 7.66. The predicted molar refractivity (Wildman–Crippen MR) is 107 cm³/mol. The van der Waals surface area contributed by atoms with Crippen LogP contribution in [0.1, 0.15) is 37.8 Å². The van der Waals surface area contributed by atoms with Crippen molar-refractivity contribution in [1.82, 2.24) is 10.2 Å². The third kappa shape index (κ3) is 10.9. The molecule has 0 aliphatic carbocycles. The molecule has 6 nitrogen and oxygen atoms in total. The second kappa shape index (κ2) is 12.4. The molecule has 1 aliphatic rings. The van der Waals surface area contributed by atoms with Crippen molar-refractivity contribution in [1.29, 1.82) is 0 Å². The van der Waals surface area contributed by atoms with Gasteiger partial charge in [0.15, 0.2) is 0 Å². The maximum atomic E-state index is 13.6. The van der Waals surface area contributed by atoms with Gasteiger partial charge in [0.05, 0.1) is 5.56 Å². The lowest BCUT2D eigenvalue weighted by molar-refractivity contribution is -0.138. The number of rotatable bonds is 7. The van der Waals surface area contributed by atoms with E-state index in [9.17, 15) is 27.2 Å². The van der Waals surface area contributed by atoms with E-state index in [0.717, 1.165) is 38.5 Å². The lowest BCUT2D eigenvalue weighted by Gasteiger charge is -2.36. The van der Waals surface area contributed by atoms with Gasteiger partial charge in [-0.05, 0) is 55.6 Å². The molecule has 174 valence electrons. The summed E-state index contributed by atoms with van der Waals surface area (Å²) in [6, 6.07) is 3.17. The number of carbonyl (C=O) groups is 2. The number of halogens is 4. The lowest BCUT2D eigenvalue weighted by Crippen LogP contribution is -2.44. The number of carboxylic acid groups (broad SMARTS) is 2. The second-order valence-electron chi connectivity index (χ2n) is 7.66. The molecule has 0 bridgehead atoms. The first kappa shape index (κ1) is 26.6. The number of hydrogen-bond donors (Lipinski definition) is 3. The van der Waals surface area contributed by atoms with E-state index in [-0.39, 0.29) is 0 Å². The molecule has 0 unspecified atom stereocenters. The summed E-state index contributed by atoms with van der Waals surface area (Å²) in [6.45, 7) is 7.14. The Morgan fingerprint density at radius 3 is 2.13 bits per heavy atom. The third-order valence-electron chi connectivity index (χ3n) is 4.46. The highest BCUT2D eigenvalue weighted by Gasteiger charge is 2.32. The Morgan fingerprint density at radius 2 is 1.68 bits per heavy atom. The number of carboxylic acids is 2. The number of alkyl halides is 3. The minimum absolute atomic E-state index is 0.330. The molecule has 1 heterocycles. The smallest absolute Gasteiger partial charge is 0.416 e. The Labute approximate surface area is 178 Å². The molecule has 0 amide bonds. The Kier molecular flexibility index (Phi) is 10.6. The molecule has 3 N–H and O–H groups in total. The molecule has 1 aliphatic heterocycles. The summed E-state index contributed by atoms with van der Waals surface area (Å²) < 4.78 is 52.2. The number of nitrogens with one attached hydrogen (secondary N) is 1. The third-order valence-corrected chi connectivity index (χ3v) is 4.46. The van der Waals surface area contributed by atoms with Gasteiger partial charge in [0.25, 0.3) is 0 Å². The SMILES string of the molecule is CC(C)CN(Cc1cc(F)cc(C(F)(F)F)c1)C1CCNCC1.O=C(O)/C=C/C(=O)O. The molecule has 0 atom stereocenters. The van der Waals surface area contributed by atoms with E-state index in [1.54, 1.807) is 0 Å². The van der Waals surface area contributed by atoms with Crippen LogP contribution in [0.3, 0.4) is 0 Å². The first-order valence-electron chi connectivity index (χ1n) is 9.83. The van der Waals surface area contributed by atoms with Gasteiger partial charge in [0, 0.05) is 31.3 Å². The number of aliphatic carboxylic acids is 2. The molecule has 1 aromatic rings. The van der Waals surface area contributed by atoms with Crippen LogP contribution in [0.2, 0.25) is 0 Å². The molecule has 1 saturated heterocycles. The van der Waals surface area contributed by atoms with E-state index in [1.165, 1.54) is 6.07 Å². The summed E-state index contributed by atoms with van der Waals surface area (Å²) in [5, 5.41) is 18.9. The molecule has 0 spiro atoms. The van der Waals surface area contributed by atoms with Gasteiger partial charge in [-0.3, -0.25) is 4.90 Å². The molecule has 0 saturated carbocycles. The van der Waals surface area contributed by atoms with Crippen molar-refractivity contribution in [2.24, 2.45) is 5.92 Å². The number of benzene rings is 1. The zero-order valence-electron chi connectivity index (χ0n) is 17.5. The summed E-state index contributed by atoms with van der Waals surface area (Å²) in [4.78, 5) is 21.3. The maximum absolute atomic E-state index is 13.6. The van der Waals surface area contributed by atoms with Crippen molar-refractivity contribution in [2.75, 3.05) is 19.6 Å². The van der Waals surface area contributed by atoms with Gasteiger partial charge in [-0.15, -0.1) is 0 Å². The van der Waals surface area contributed by atoms with E-state index in [0.29, 0.717) is 42.3 Å². The number of hydrogen-bond acceptors (Lipinski definition) is 4. The predicted octanol–water partition coefficient (Wildman–Crippen LogP) is 3.77. The van der Waals surface area contributed by atoms with Crippen LogP contribution in [0.25, 0.3) is 0 Å².